The molecule has 17 heavy (non-hydrogen) atoms. The molecule has 1 N–H and O–H groups in total. The van der Waals surface area contributed by atoms with Crippen LogP contribution in [0.15, 0.2) is 22.7 Å². The first-order valence-corrected chi connectivity index (χ1v) is 7.87. The Morgan fingerprint density at radius 3 is 2.41 bits per heavy atom. The van der Waals surface area contributed by atoms with Gasteiger partial charge in [-0.05, 0) is 39.5 Å². The van der Waals surface area contributed by atoms with Gasteiger partial charge in [0.25, 0.3) is 0 Å². The van der Waals surface area contributed by atoms with Gasteiger partial charge in [-0.25, -0.2) is 8.42 Å². The van der Waals surface area contributed by atoms with Crippen molar-refractivity contribution in [2.24, 2.45) is 5.41 Å². The third-order valence-corrected chi connectivity index (χ3v) is 4.84. The fourth-order valence-corrected chi connectivity index (χ4v) is 3.47. The van der Waals surface area contributed by atoms with Gasteiger partial charge >= 0.3 is 0 Å². The molecule has 0 unspecified atom stereocenters. The summed E-state index contributed by atoms with van der Waals surface area (Å²) in [5.41, 5.74) is 0.188. The van der Waals surface area contributed by atoms with Crippen LogP contribution >= 0.6 is 27.5 Å². The maximum Gasteiger partial charge on any atom is 0.233 e. The standard InChI is InChI=1S/C11H15BrClNO2S/c1-11(2,3)7-17(15,16)14-8-4-5-9(12)10(13)6-8/h4-6,14H,7H2,1-3H3. The minimum atomic E-state index is -3.35. The van der Waals surface area contributed by atoms with E-state index < -0.39 is 10.0 Å². The van der Waals surface area contributed by atoms with E-state index in [1.807, 2.05) is 20.8 Å². The van der Waals surface area contributed by atoms with E-state index in [4.69, 9.17) is 11.6 Å². The summed E-state index contributed by atoms with van der Waals surface area (Å²) < 4.78 is 26.9. The molecule has 1 rings (SSSR count). The van der Waals surface area contributed by atoms with Gasteiger partial charge in [0.2, 0.25) is 10.0 Å². The molecule has 0 radical (unpaired) electrons. The molecule has 0 saturated heterocycles. The van der Waals surface area contributed by atoms with Crippen molar-refractivity contribution in [1.82, 2.24) is 0 Å². The number of sulfonamides is 1. The Kier molecular flexibility index (Phi) is 4.49. The first kappa shape index (κ1) is 14.8. The Balaban J connectivity index is 2.87. The highest BCUT2D eigenvalue weighted by Gasteiger charge is 2.21. The zero-order valence-electron chi connectivity index (χ0n) is 9.92. The van der Waals surface area contributed by atoms with Crippen LogP contribution in [-0.4, -0.2) is 14.2 Å². The first-order valence-electron chi connectivity index (χ1n) is 5.05. The van der Waals surface area contributed by atoms with Crippen LogP contribution in [0, 0.1) is 5.41 Å². The lowest BCUT2D eigenvalue weighted by Crippen LogP contribution is -2.26. The lowest BCUT2D eigenvalue weighted by Gasteiger charge is -2.18. The van der Waals surface area contributed by atoms with Crippen molar-refractivity contribution in [1.29, 1.82) is 0 Å². The number of rotatable bonds is 3. The molecule has 0 aromatic heterocycles. The van der Waals surface area contributed by atoms with E-state index in [0.717, 1.165) is 4.47 Å². The van der Waals surface area contributed by atoms with Gasteiger partial charge in [0.05, 0.1) is 16.5 Å². The van der Waals surface area contributed by atoms with Crippen LogP contribution in [0.5, 0.6) is 0 Å². The van der Waals surface area contributed by atoms with E-state index >= 15 is 0 Å². The van der Waals surface area contributed by atoms with Gasteiger partial charge in [0.1, 0.15) is 0 Å². The SMILES string of the molecule is CC(C)(C)CS(=O)(=O)Nc1ccc(Br)c(Cl)c1. The molecule has 96 valence electrons. The summed E-state index contributed by atoms with van der Waals surface area (Å²) in [5.74, 6) is 0.0632. The van der Waals surface area contributed by atoms with Crippen LogP contribution in [0.1, 0.15) is 20.8 Å². The molecule has 0 aliphatic rings. The van der Waals surface area contributed by atoms with Gasteiger partial charge in [-0.1, -0.05) is 32.4 Å². The van der Waals surface area contributed by atoms with E-state index in [1.165, 1.54) is 0 Å². The van der Waals surface area contributed by atoms with Crippen molar-refractivity contribution in [2.75, 3.05) is 10.5 Å². The molecule has 1 aromatic rings. The summed E-state index contributed by atoms with van der Waals surface area (Å²) in [6, 6.07) is 4.94. The lowest BCUT2D eigenvalue weighted by molar-refractivity contribution is 0.463. The molecule has 1 aromatic carbocycles. The second-order valence-electron chi connectivity index (χ2n) is 5.05. The molecular formula is C11H15BrClNO2S. The highest BCUT2D eigenvalue weighted by molar-refractivity contribution is 9.10. The van der Waals surface area contributed by atoms with E-state index in [1.54, 1.807) is 18.2 Å². The normalized spacial score (nSPS) is 12.5. The average Bonchev–Trinajstić information content (AvgIpc) is 2.06. The van der Waals surface area contributed by atoms with Gasteiger partial charge in [0, 0.05) is 4.47 Å². The fraction of sp³-hybridized carbons (Fsp3) is 0.455. The molecule has 0 amide bonds. The van der Waals surface area contributed by atoms with Gasteiger partial charge in [-0.2, -0.15) is 0 Å². The summed E-state index contributed by atoms with van der Waals surface area (Å²) in [7, 11) is -3.35. The number of hydrogen-bond donors (Lipinski definition) is 1. The van der Waals surface area contributed by atoms with Gasteiger partial charge in [0.15, 0.2) is 0 Å². The Morgan fingerprint density at radius 1 is 1.35 bits per heavy atom. The minimum absolute atomic E-state index is 0.0632. The molecule has 0 aliphatic carbocycles. The Labute approximate surface area is 116 Å². The highest BCUT2D eigenvalue weighted by Crippen LogP contribution is 2.26. The molecule has 0 saturated carbocycles. The molecular weight excluding hydrogens is 326 g/mol. The number of hydrogen-bond acceptors (Lipinski definition) is 2. The third kappa shape index (κ3) is 5.27. The van der Waals surface area contributed by atoms with Crippen molar-refractivity contribution in [2.45, 2.75) is 20.8 Å². The van der Waals surface area contributed by atoms with E-state index in [-0.39, 0.29) is 11.2 Å². The maximum absolute atomic E-state index is 11.8. The minimum Gasteiger partial charge on any atom is -0.283 e. The van der Waals surface area contributed by atoms with Crippen LogP contribution in [-0.2, 0) is 10.0 Å². The van der Waals surface area contributed by atoms with Gasteiger partial charge in [-0.3, -0.25) is 4.72 Å². The largest absolute Gasteiger partial charge is 0.283 e. The number of benzene rings is 1. The van der Waals surface area contributed by atoms with Crippen LogP contribution in [0.3, 0.4) is 0 Å². The van der Waals surface area contributed by atoms with Gasteiger partial charge < -0.3 is 0 Å². The van der Waals surface area contributed by atoms with Crippen LogP contribution in [0.2, 0.25) is 5.02 Å². The molecule has 0 spiro atoms. The summed E-state index contributed by atoms with van der Waals surface area (Å²) in [5, 5.41) is 0.473. The van der Waals surface area contributed by atoms with E-state index in [9.17, 15) is 8.42 Å². The summed E-state index contributed by atoms with van der Waals surface area (Å²) in [4.78, 5) is 0. The van der Waals surface area contributed by atoms with E-state index in [0.29, 0.717) is 10.7 Å². The van der Waals surface area contributed by atoms with Crippen LogP contribution < -0.4 is 4.72 Å². The summed E-state index contributed by atoms with van der Waals surface area (Å²) in [6.07, 6.45) is 0. The zero-order chi connectivity index (χ0) is 13.3. The molecule has 0 heterocycles. The zero-order valence-corrected chi connectivity index (χ0v) is 13.1. The quantitative estimate of drug-likeness (QED) is 0.907. The Morgan fingerprint density at radius 2 is 1.94 bits per heavy atom. The number of anilines is 1. The predicted octanol–water partition coefficient (Wildman–Crippen LogP) is 3.89. The second-order valence-corrected chi connectivity index (χ2v) is 8.03. The highest BCUT2D eigenvalue weighted by atomic mass is 79.9. The molecule has 0 fully saturated rings. The van der Waals surface area contributed by atoms with Crippen molar-refractivity contribution in [3.63, 3.8) is 0 Å². The number of nitrogens with one attached hydrogen (secondary N) is 1. The molecule has 0 atom stereocenters. The van der Waals surface area contributed by atoms with Crippen molar-refractivity contribution >= 4 is 43.2 Å². The van der Waals surface area contributed by atoms with Crippen molar-refractivity contribution < 1.29 is 8.42 Å². The van der Waals surface area contributed by atoms with Crippen LogP contribution in [0.4, 0.5) is 5.69 Å². The number of halogens is 2. The molecule has 0 aliphatic heterocycles. The van der Waals surface area contributed by atoms with Crippen molar-refractivity contribution in [3.05, 3.63) is 27.7 Å². The first-order chi connectivity index (χ1) is 7.59. The monoisotopic (exact) mass is 339 g/mol. The maximum atomic E-state index is 11.8. The summed E-state index contributed by atoms with van der Waals surface area (Å²) in [6.45, 7) is 5.63. The molecule has 6 heteroatoms. The lowest BCUT2D eigenvalue weighted by atomic mass is 10.0. The van der Waals surface area contributed by atoms with Crippen molar-refractivity contribution in [3.8, 4) is 0 Å². The molecule has 0 bridgehead atoms. The second kappa shape index (κ2) is 5.16. The topological polar surface area (TPSA) is 46.2 Å². The van der Waals surface area contributed by atoms with E-state index in [2.05, 4.69) is 20.7 Å². The molecule has 3 nitrogen and oxygen atoms in total. The Hall–Kier alpha value is -0.260. The Bertz CT molecular complexity index is 509. The van der Waals surface area contributed by atoms with Crippen LogP contribution in [0.25, 0.3) is 0 Å². The summed E-state index contributed by atoms with van der Waals surface area (Å²) >= 11 is 9.14. The average molecular weight is 341 g/mol. The predicted molar refractivity (Wildman–Crippen MR) is 76.0 cm³/mol. The fourth-order valence-electron chi connectivity index (χ4n) is 1.35. The smallest absolute Gasteiger partial charge is 0.233 e. The van der Waals surface area contributed by atoms with Gasteiger partial charge in [-0.15, -0.1) is 0 Å². The third-order valence-electron chi connectivity index (χ3n) is 1.82.